The topological polar surface area (TPSA) is 0 Å². The van der Waals surface area contributed by atoms with Gasteiger partial charge in [-0.3, -0.25) is 0 Å². The number of hydrogen-bond donors (Lipinski definition) is 0. The van der Waals surface area contributed by atoms with Crippen LogP contribution in [0.1, 0.15) is 268 Å². The fraction of sp³-hybridized carbons (Fsp3) is 0.913. The van der Waals surface area contributed by atoms with Gasteiger partial charge in [0.1, 0.15) is 0 Å². The molecule has 1 heterocycles. The maximum atomic E-state index is 2.59. The molecule has 0 bridgehead atoms. The molecule has 278 valence electrons. The van der Waals surface area contributed by atoms with Crippen molar-refractivity contribution in [3.63, 3.8) is 0 Å². The predicted octanol–water partition coefficient (Wildman–Crippen LogP) is 17.5. The highest BCUT2D eigenvalue weighted by molar-refractivity contribution is 7.10. The van der Waals surface area contributed by atoms with Crippen molar-refractivity contribution in [2.45, 2.75) is 271 Å². The van der Waals surface area contributed by atoms with Gasteiger partial charge in [0.2, 0.25) is 0 Å². The summed E-state index contributed by atoms with van der Waals surface area (Å²) < 4.78 is 0. The number of unbranched alkanes of at least 4 members (excludes halogenated alkanes) is 33. The molecular weight excluding hydrogens is 585 g/mol. The Morgan fingerprint density at radius 2 is 0.553 bits per heavy atom. The summed E-state index contributed by atoms with van der Waals surface area (Å²) in [6, 6.07) is 0. The Kier molecular flexibility index (Phi) is 35.2. The van der Waals surface area contributed by atoms with E-state index in [4.69, 9.17) is 0 Å². The lowest BCUT2D eigenvalue weighted by Crippen LogP contribution is -1.97. The van der Waals surface area contributed by atoms with E-state index in [-0.39, 0.29) is 0 Å². The molecule has 0 aliphatic carbocycles. The monoisotopic (exact) mass is 673 g/mol. The average molecular weight is 673 g/mol. The fourth-order valence-corrected chi connectivity index (χ4v) is 8.79. The first-order chi connectivity index (χ1) is 23.3. The third kappa shape index (κ3) is 29.2. The van der Waals surface area contributed by atoms with Crippen LogP contribution in [-0.2, 0) is 19.3 Å². The molecule has 0 spiro atoms. The molecular formula is C46H88S. The predicted molar refractivity (Wildman–Crippen MR) is 219 cm³/mol. The van der Waals surface area contributed by atoms with Gasteiger partial charge in [-0.1, -0.05) is 233 Å². The standard InChI is InChI=1S/C46H88S/c1-4-7-10-13-16-19-22-25-28-31-34-37-40-44-43-47-46(42-39-36-33-30-27-24-21-18-15-12-9-6-3)45(44)41-38-35-32-29-26-23-20-17-14-11-8-5-2/h43H,4-42H2,1-3H3. The van der Waals surface area contributed by atoms with E-state index in [1.165, 1.54) is 250 Å². The second kappa shape index (κ2) is 37.0. The van der Waals surface area contributed by atoms with E-state index in [0.29, 0.717) is 0 Å². The van der Waals surface area contributed by atoms with Crippen LogP contribution in [0.25, 0.3) is 0 Å². The lowest BCUT2D eigenvalue weighted by atomic mass is 9.96. The number of rotatable bonds is 39. The minimum atomic E-state index is 1.35. The summed E-state index contributed by atoms with van der Waals surface area (Å²) in [4.78, 5) is 1.77. The quantitative estimate of drug-likeness (QED) is 0.0611. The molecule has 0 radical (unpaired) electrons. The van der Waals surface area contributed by atoms with E-state index >= 15 is 0 Å². The van der Waals surface area contributed by atoms with Crippen LogP contribution in [0.2, 0.25) is 0 Å². The Balaban J connectivity index is 2.29. The molecule has 1 aromatic rings. The second-order valence-electron chi connectivity index (χ2n) is 15.6. The molecule has 0 aliphatic heterocycles. The van der Waals surface area contributed by atoms with Gasteiger partial charge in [-0.05, 0) is 55.0 Å². The zero-order valence-corrected chi connectivity index (χ0v) is 33.9. The molecule has 0 unspecified atom stereocenters. The smallest absolute Gasteiger partial charge is 0.00800 e. The molecule has 0 nitrogen and oxygen atoms in total. The highest BCUT2D eigenvalue weighted by Gasteiger charge is 2.12. The highest BCUT2D eigenvalue weighted by atomic mass is 32.1. The van der Waals surface area contributed by atoms with Crippen LogP contribution in [0, 0.1) is 0 Å². The third-order valence-corrected chi connectivity index (χ3v) is 12.0. The normalized spacial score (nSPS) is 11.6. The van der Waals surface area contributed by atoms with Crippen molar-refractivity contribution in [3.05, 3.63) is 21.4 Å². The van der Waals surface area contributed by atoms with Gasteiger partial charge in [0.25, 0.3) is 0 Å². The summed E-state index contributed by atoms with van der Waals surface area (Å²) >= 11 is 2.13. The first-order valence-corrected chi connectivity index (χ1v) is 23.3. The molecule has 0 saturated carbocycles. The molecule has 0 N–H and O–H groups in total. The average Bonchev–Trinajstić information content (AvgIpc) is 3.47. The van der Waals surface area contributed by atoms with Crippen molar-refractivity contribution in [2.24, 2.45) is 0 Å². The SMILES string of the molecule is CCCCCCCCCCCCCCc1csc(CCCCCCCCCCCCCC)c1CCCCCCCCCCCCCC. The van der Waals surface area contributed by atoms with Gasteiger partial charge >= 0.3 is 0 Å². The van der Waals surface area contributed by atoms with Crippen LogP contribution in [0.5, 0.6) is 0 Å². The van der Waals surface area contributed by atoms with Gasteiger partial charge in [-0.15, -0.1) is 11.3 Å². The maximum absolute atomic E-state index is 2.59. The summed E-state index contributed by atoms with van der Waals surface area (Å²) in [6.07, 6.45) is 56.3. The summed E-state index contributed by atoms with van der Waals surface area (Å²) in [6.45, 7) is 6.96. The number of aryl methyl sites for hydroxylation is 2. The minimum absolute atomic E-state index is 1.35. The molecule has 0 saturated heterocycles. The Morgan fingerprint density at radius 1 is 0.298 bits per heavy atom. The molecule has 1 rings (SSSR count). The summed E-state index contributed by atoms with van der Waals surface area (Å²) in [5.41, 5.74) is 3.56. The third-order valence-electron chi connectivity index (χ3n) is 10.9. The van der Waals surface area contributed by atoms with Crippen LogP contribution in [0.15, 0.2) is 5.38 Å². The van der Waals surface area contributed by atoms with Crippen molar-refractivity contribution in [3.8, 4) is 0 Å². The Morgan fingerprint density at radius 3 is 0.872 bits per heavy atom. The van der Waals surface area contributed by atoms with Crippen molar-refractivity contribution in [2.75, 3.05) is 0 Å². The van der Waals surface area contributed by atoms with Gasteiger partial charge in [0.05, 0.1) is 0 Å². The molecule has 47 heavy (non-hydrogen) atoms. The molecule has 0 amide bonds. The number of hydrogen-bond acceptors (Lipinski definition) is 1. The van der Waals surface area contributed by atoms with E-state index in [1.54, 1.807) is 10.4 Å². The van der Waals surface area contributed by atoms with Crippen LogP contribution < -0.4 is 0 Å². The maximum Gasteiger partial charge on any atom is 0.00800 e. The zero-order valence-electron chi connectivity index (χ0n) is 33.1. The first-order valence-electron chi connectivity index (χ1n) is 22.4. The van der Waals surface area contributed by atoms with E-state index < -0.39 is 0 Å². The van der Waals surface area contributed by atoms with Gasteiger partial charge in [0.15, 0.2) is 0 Å². The van der Waals surface area contributed by atoms with E-state index in [2.05, 4.69) is 37.5 Å². The molecule has 1 aromatic heterocycles. The van der Waals surface area contributed by atoms with Gasteiger partial charge in [-0.2, -0.15) is 0 Å². The van der Waals surface area contributed by atoms with E-state index in [1.807, 2.05) is 5.56 Å². The molecule has 0 aromatic carbocycles. The number of thiophene rings is 1. The molecule has 0 atom stereocenters. The largest absolute Gasteiger partial charge is 0.148 e. The molecule has 0 fully saturated rings. The zero-order chi connectivity index (χ0) is 33.7. The summed E-state index contributed by atoms with van der Waals surface area (Å²) in [5.74, 6) is 0. The van der Waals surface area contributed by atoms with Crippen molar-refractivity contribution in [1.82, 2.24) is 0 Å². The van der Waals surface area contributed by atoms with Crippen molar-refractivity contribution < 1.29 is 0 Å². The van der Waals surface area contributed by atoms with Crippen molar-refractivity contribution in [1.29, 1.82) is 0 Å². The van der Waals surface area contributed by atoms with Crippen LogP contribution in [0.4, 0.5) is 0 Å². The summed E-state index contributed by atoms with van der Waals surface area (Å²) in [5, 5.41) is 2.59. The van der Waals surface area contributed by atoms with Gasteiger partial charge < -0.3 is 0 Å². The second-order valence-corrected chi connectivity index (χ2v) is 16.5. The molecule has 1 heteroatoms. The van der Waals surface area contributed by atoms with Gasteiger partial charge in [-0.25, -0.2) is 0 Å². The van der Waals surface area contributed by atoms with Crippen molar-refractivity contribution >= 4 is 11.3 Å². The van der Waals surface area contributed by atoms with E-state index in [0.717, 1.165) is 0 Å². The minimum Gasteiger partial charge on any atom is -0.148 e. The molecule has 0 aliphatic rings. The Labute approximate surface area is 302 Å². The Bertz CT molecular complexity index is 671. The van der Waals surface area contributed by atoms with E-state index in [9.17, 15) is 0 Å². The van der Waals surface area contributed by atoms with Crippen LogP contribution >= 0.6 is 11.3 Å². The van der Waals surface area contributed by atoms with Crippen LogP contribution in [0.3, 0.4) is 0 Å². The Hall–Kier alpha value is -0.300. The van der Waals surface area contributed by atoms with Crippen LogP contribution in [-0.4, -0.2) is 0 Å². The fourth-order valence-electron chi connectivity index (χ4n) is 7.61. The summed E-state index contributed by atoms with van der Waals surface area (Å²) in [7, 11) is 0. The highest BCUT2D eigenvalue weighted by Crippen LogP contribution is 2.29. The first kappa shape index (κ1) is 44.7. The van der Waals surface area contributed by atoms with Gasteiger partial charge in [0, 0.05) is 4.88 Å². The lowest BCUT2D eigenvalue weighted by molar-refractivity contribution is 0.541. The lowest BCUT2D eigenvalue weighted by Gasteiger charge is -2.09.